The topological polar surface area (TPSA) is 125 Å². The number of fused-ring (bicyclic) bond motifs is 3. The number of carbonyl (C=O) groups excluding carboxylic acids is 2. The maximum atomic E-state index is 12.2. The highest BCUT2D eigenvalue weighted by Crippen LogP contribution is 2.44. The molecule has 0 radical (unpaired) electrons. The van der Waals surface area contributed by atoms with Gasteiger partial charge < -0.3 is 25.6 Å². The van der Waals surface area contributed by atoms with Gasteiger partial charge in [-0.3, -0.25) is 4.79 Å². The van der Waals surface area contributed by atoms with E-state index in [0.29, 0.717) is 13.0 Å². The van der Waals surface area contributed by atoms with Gasteiger partial charge in [-0.2, -0.15) is 0 Å². The fraction of sp³-hybridized carbons (Fsp3) is 0.375. The normalized spacial score (nSPS) is 19.4. The Morgan fingerprint density at radius 2 is 1.62 bits per heavy atom. The van der Waals surface area contributed by atoms with E-state index in [2.05, 4.69) is 34.9 Å². The first-order valence-electron chi connectivity index (χ1n) is 10.7. The van der Waals surface area contributed by atoms with Crippen LogP contribution in [0.1, 0.15) is 29.9 Å². The summed E-state index contributed by atoms with van der Waals surface area (Å²) in [6, 6.07) is 16.2. The van der Waals surface area contributed by atoms with Crippen molar-refractivity contribution in [3.63, 3.8) is 0 Å². The fourth-order valence-corrected chi connectivity index (χ4v) is 4.24. The summed E-state index contributed by atoms with van der Waals surface area (Å²) in [4.78, 5) is 34.9. The maximum Gasteiger partial charge on any atom is 0.407 e. The van der Waals surface area contributed by atoms with Crippen LogP contribution in [0.5, 0.6) is 0 Å². The summed E-state index contributed by atoms with van der Waals surface area (Å²) < 4.78 is 5.49. The number of carbonyl (C=O) groups is 3. The molecule has 2 amide bonds. The van der Waals surface area contributed by atoms with Crippen LogP contribution in [0.3, 0.4) is 0 Å². The first-order valence-corrected chi connectivity index (χ1v) is 10.7. The molecule has 1 fully saturated rings. The molecular weight excluding hydrogens is 412 g/mol. The van der Waals surface area contributed by atoms with E-state index in [4.69, 9.17) is 9.84 Å². The van der Waals surface area contributed by atoms with Crippen molar-refractivity contribution in [1.29, 1.82) is 0 Å². The maximum absolute atomic E-state index is 12.2. The lowest BCUT2D eigenvalue weighted by Gasteiger charge is -2.14. The van der Waals surface area contributed by atoms with Crippen molar-refractivity contribution in [3.8, 4) is 11.1 Å². The number of aliphatic hydroxyl groups excluding tert-OH is 1. The summed E-state index contributed by atoms with van der Waals surface area (Å²) in [5.41, 5.74) is 4.63. The Morgan fingerprint density at radius 3 is 2.25 bits per heavy atom. The highest BCUT2D eigenvalue weighted by atomic mass is 16.5. The molecule has 168 valence electrons. The average Bonchev–Trinajstić information content (AvgIpc) is 3.51. The fourth-order valence-electron chi connectivity index (χ4n) is 4.24. The number of nitrogens with one attached hydrogen (secondary N) is 2. The second-order valence-corrected chi connectivity index (χ2v) is 8.24. The summed E-state index contributed by atoms with van der Waals surface area (Å²) >= 11 is 0. The number of rotatable bonds is 9. The molecule has 8 nitrogen and oxygen atoms in total. The van der Waals surface area contributed by atoms with Crippen LogP contribution in [0.4, 0.5) is 4.79 Å². The molecule has 32 heavy (non-hydrogen) atoms. The van der Waals surface area contributed by atoms with Crippen LogP contribution in [-0.2, 0) is 14.3 Å². The van der Waals surface area contributed by atoms with Crippen molar-refractivity contribution < 1.29 is 29.3 Å². The van der Waals surface area contributed by atoms with Crippen LogP contribution in [0.2, 0.25) is 0 Å². The van der Waals surface area contributed by atoms with Crippen molar-refractivity contribution >= 4 is 18.0 Å². The number of hydrogen-bond donors (Lipinski definition) is 4. The Kier molecular flexibility index (Phi) is 6.41. The minimum atomic E-state index is -1.49. The summed E-state index contributed by atoms with van der Waals surface area (Å²) in [5.74, 6) is -1.70. The standard InChI is InChI=1S/C24H26N2O6/c27-21(23(29)30)9-10-25-22(28)19-11-14(19)12-26-24(31)32-13-20-17-7-3-1-5-15(17)16-6-2-4-8-18(16)20/h1-8,14,19-21,27H,9-13H2,(H,25,28)(H,26,31)(H,29,30). The van der Waals surface area contributed by atoms with Crippen molar-refractivity contribution in [2.75, 3.05) is 19.7 Å². The third kappa shape index (κ3) is 4.75. The quantitative estimate of drug-likeness (QED) is 0.475. The van der Waals surface area contributed by atoms with Gasteiger partial charge in [-0.25, -0.2) is 9.59 Å². The number of amides is 2. The molecule has 1 saturated carbocycles. The number of ether oxygens (including phenoxy) is 1. The van der Waals surface area contributed by atoms with E-state index >= 15 is 0 Å². The van der Waals surface area contributed by atoms with E-state index in [1.807, 2.05) is 24.3 Å². The third-order valence-electron chi connectivity index (χ3n) is 6.11. The number of carboxylic acids is 1. The number of aliphatic carboxylic acids is 1. The lowest BCUT2D eigenvalue weighted by molar-refractivity contribution is -0.147. The smallest absolute Gasteiger partial charge is 0.407 e. The largest absolute Gasteiger partial charge is 0.479 e. The van der Waals surface area contributed by atoms with Crippen molar-refractivity contribution in [2.45, 2.75) is 24.9 Å². The van der Waals surface area contributed by atoms with Gasteiger partial charge in [-0.05, 0) is 34.6 Å². The van der Waals surface area contributed by atoms with Gasteiger partial charge in [-0.15, -0.1) is 0 Å². The molecule has 3 atom stereocenters. The van der Waals surface area contributed by atoms with E-state index in [1.54, 1.807) is 0 Å². The van der Waals surface area contributed by atoms with E-state index in [9.17, 15) is 19.5 Å². The molecule has 0 spiro atoms. The van der Waals surface area contributed by atoms with Gasteiger partial charge >= 0.3 is 12.1 Å². The van der Waals surface area contributed by atoms with Crippen LogP contribution >= 0.6 is 0 Å². The molecular formula is C24H26N2O6. The average molecular weight is 438 g/mol. The third-order valence-corrected chi connectivity index (χ3v) is 6.11. The van der Waals surface area contributed by atoms with Crippen LogP contribution < -0.4 is 10.6 Å². The Hall–Kier alpha value is -3.39. The predicted octanol–water partition coefficient (Wildman–Crippen LogP) is 2.11. The van der Waals surface area contributed by atoms with Crippen LogP contribution in [0.25, 0.3) is 11.1 Å². The van der Waals surface area contributed by atoms with Gasteiger partial charge in [0.15, 0.2) is 6.10 Å². The SMILES string of the molecule is O=C(NCC1CC1C(=O)NCCC(O)C(=O)O)OCC1c2ccccc2-c2ccccc21. The molecule has 4 N–H and O–H groups in total. The lowest BCUT2D eigenvalue weighted by atomic mass is 9.98. The minimum Gasteiger partial charge on any atom is -0.479 e. The molecule has 2 aromatic carbocycles. The van der Waals surface area contributed by atoms with Gasteiger partial charge in [0, 0.05) is 31.3 Å². The molecule has 4 rings (SSSR count). The Morgan fingerprint density at radius 1 is 1.00 bits per heavy atom. The van der Waals surface area contributed by atoms with Gasteiger partial charge in [0.2, 0.25) is 5.91 Å². The Bertz CT molecular complexity index is 978. The Balaban J connectivity index is 1.20. The molecule has 0 bridgehead atoms. The zero-order valence-corrected chi connectivity index (χ0v) is 17.5. The van der Waals surface area contributed by atoms with Crippen molar-refractivity contribution in [3.05, 3.63) is 59.7 Å². The predicted molar refractivity (Wildman–Crippen MR) is 116 cm³/mol. The monoisotopic (exact) mass is 438 g/mol. The summed E-state index contributed by atoms with van der Waals surface area (Å²) in [6.45, 7) is 0.669. The van der Waals surface area contributed by atoms with Crippen LogP contribution in [-0.4, -0.2) is 54.0 Å². The lowest BCUT2D eigenvalue weighted by Crippen LogP contribution is -2.32. The molecule has 0 heterocycles. The Labute approximate surface area is 185 Å². The highest BCUT2D eigenvalue weighted by Gasteiger charge is 2.42. The van der Waals surface area contributed by atoms with Gasteiger partial charge in [-0.1, -0.05) is 48.5 Å². The molecule has 0 aromatic heterocycles. The van der Waals surface area contributed by atoms with Crippen molar-refractivity contribution in [1.82, 2.24) is 10.6 Å². The number of carboxylic acid groups (broad SMARTS) is 1. The van der Waals surface area contributed by atoms with E-state index in [1.165, 1.54) is 11.1 Å². The number of aliphatic hydroxyl groups is 1. The molecule has 2 aliphatic rings. The number of hydrogen-bond acceptors (Lipinski definition) is 5. The molecule has 8 heteroatoms. The molecule has 2 aromatic rings. The van der Waals surface area contributed by atoms with Gasteiger partial charge in [0.25, 0.3) is 0 Å². The molecule has 0 saturated heterocycles. The second-order valence-electron chi connectivity index (χ2n) is 8.24. The minimum absolute atomic E-state index is 0.00578. The summed E-state index contributed by atoms with van der Waals surface area (Å²) in [7, 11) is 0. The zero-order chi connectivity index (χ0) is 22.7. The van der Waals surface area contributed by atoms with Gasteiger partial charge in [0.05, 0.1) is 0 Å². The molecule has 3 unspecified atom stereocenters. The second kappa shape index (κ2) is 9.40. The zero-order valence-electron chi connectivity index (χ0n) is 17.5. The summed E-state index contributed by atoms with van der Waals surface area (Å²) in [6.07, 6.45) is -1.39. The van der Waals surface area contributed by atoms with Gasteiger partial charge in [0.1, 0.15) is 6.61 Å². The van der Waals surface area contributed by atoms with E-state index in [-0.39, 0.29) is 43.2 Å². The summed E-state index contributed by atoms with van der Waals surface area (Å²) in [5, 5.41) is 23.2. The molecule has 2 aliphatic carbocycles. The van der Waals surface area contributed by atoms with Crippen molar-refractivity contribution in [2.24, 2.45) is 11.8 Å². The van der Waals surface area contributed by atoms with Crippen LogP contribution in [0.15, 0.2) is 48.5 Å². The first-order chi connectivity index (χ1) is 15.5. The van der Waals surface area contributed by atoms with Crippen LogP contribution in [0, 0.1) is 11.8 Å². The molecule has 0 aliphatic heterocycles. The first kappa shape index (κ1) is 21.8. The highest BCUT2D eigenvalue weighted by molar-refractivity contribution is 5.82. The number of benzene rings is 2. The number of alkyl carbamates (subject to hydrolysis) is 1. The van der Waals surface area contributed by atoms with E-state index in [0.717, 1.165) is 11.1 Å². The van der Waals surface area contributed by atoms with E-state index < -0.39 is 18.2 Å².